The molecule has 0 fully saturated rings. The molecule has 3 aromatic rings. The molecule has 28 heavy (non-hydrogen) atoms. The molecule has 9 heteroatoms. The average Bonchev–Trinajstić information content (AvgIpc) is 3.12. The second-order valence-corrected chi connectivity index (χ2v) is 7.64. The summed E-state index contributed by atoms with van der Waals surface area (Å²) in [4.78, 5) is 25.5. The Kier molecular flexibility index (Phi) is 6.72. The van der Waals surface area contributed by atoms with E-state index in [2.05, 4.69) is 20.8 Å². The summed E-state index contributed by atoms with van der Waals surface area (Å²) >= 11 is 2.95. The summed E-state index contributed by atoms with van der Waals surface area (Å²) in [6.07, 6.45) is 3.59. The van der Waals surface area contributed by atoms with Gasteiger partial charge in [-0.25, -0.2) is 0 Å². The van der Waals surface area contributed by atoms with Gasteiger partial charge >= 0.3 is 0 Å². The molecule has 7 nitrogen and oxygen atoms in total. The number of hydrogen-bond donors (Lipinski definition) is 2. The minimum Gasteiger partial charge on any atom is -0.325 e. The molecule has 0 saturated heterocycles. The highest BCUT2D eigenvalue weighted by Crippen LogP contribution is 2.19. The van der Waals surface area contributed by atoms with Gasteiger partial charge in [0.2, 0.25) is 5.91 Å². The standard InChI is InChI=1S/C19H19N5O2S2/c1-24-12-20-23-19(24)28-11-17(25)21-14-5-3-13(4-6-14)18(26)22-15-7-9-16(27-2)10-8-15/h3-10,12H,11H2,1-2H3,(H,21,25)(H,22,26). The molecule has 0 bridgehead atoms. The molecule has 0 spiro atoms. The first-order valence-corrected chi connectivity index (χ1v) is 10.6. The summed E-state index contributed by atoms with van der Waals surface area (Å²) in [5, 5.41) is 14.0. The van der Waals surface area contributed by atoms with Gasteiger partial charge in [-0.05, 0) is 54.8 Å². The molecule has 1 heterocycles. The molecule has 3 rings (SSSR count). The Morgan fingerprint density at radius 1 is 1.00 bits per heavy atom. The van der Waals surface area contributed by atoms with E-state index in [-0.39, 0.29) is 17.6 Å². The smallest absolute Gasteiger partial charge is 0.255 e. The minimum absolute atomic E-state index is 0.154. The summed E-state index contributed by atoms with van der Waals surface area (Å²) in [6.45, 7) is 0. The number of rotatable bonds is 7. The highest BCUT2D eigenvalue weighted by Gasteiger charge is 2.09. The Morgan fingerprint density at radius 3 is 2.25 bits per heavy atom. The van der Waals surface area contributed by atoms with E-state index in [9.17, 15) is 9.59 Å². The predicted octanol–water partition coefficient (Wildman–Crippen LogP) is 3.52. The van der Waals surface area contributed by atoms with Crippen molar-refractivity contribution in [3.8, 4) is 0 Å². The molecule has 1 aromatic heterocycles. The van der Waals surface area contributed by atoms with Crippen molar-refractivity contribution in [2.75, 3.05) is 22.6 Å². The molecule has 0 radical (unpaired) electrons. The lowest BCUT2D eigenvalue weighted by atomic mass is 10.2. The Bertz CT molecular complexity index is 955. The molecule has 0 aliphatic carbocycles. The summed E-state index contributed by atoms with van der Waals surface area (Å²) < 4.78 is 1.75. The fourth-order valence-corrected chi connectivity index (χ4v) is 3.41. The first-order chi connectivity index (χ1) is 13.5. The number of anilines is 2. The van der Waals surface area contributed by atoms with Gasteiger partial charge in [-0.2, -0.15) is 0 Å². The normalized spacial score (nSPS) is 10.5. The van der Waals surface area contributed by atoms with Gasteiger partial charge in [0.05, 0.1) is 5.75 Å². The van der Waals surface area contributed by atoms with E-state index in [1.54, 1.807) is 46.9 Å². The van der Waals surface area contributed by atoms with Crippen LogP contribution in [0.2, 0.25) is 0 Å². The van der Waals surface area contributed by atoms with Crippen molar-refractivity contribution in [3.63, 3.8) is 0 Å². The minimum atomic E-state index is -0.201. The van der Waals surface area contributed by atoms with Crippen LogP contribution in [0.3, 0.4) is 0 Å². The second kappa shape index (κ2) is 9.43. The largest absolute Gasteiger partial charge is 0.325 e. The van der Waals surface area contributed by atoms with E-state index >= 15 is 0 Å². The number of carbonyl (C=O) groups excluding carboxylic acids is 2. The van der Waals surface area contributed by atoms with E-state index in [1.165, 1.54) is 11.8 Å². The average molecular weight is 414 g/mol. The van der Waals surface area contributed by atoms with Gasteiger partial charge in [0, 0.05) is 28.9 Å². The topological polar surface area (TPSA) is 88.9 Å². The molecule has 0 unspecified atom stereocenters. The lowest BCUT2D eigenvalue weighted by Crippen LogP contribution is -2.15. The molecule has 0 aliphatic heterocycles. The van der Waals surface area contributed by atoms with Crippen molar-refractivity contribution in [1.82, 2.24) is 14.8 Å². The number of thioether (sulfide) groups is 2. The van der Waals surface area contributed by atoms with Gasteiger partial charge < -0.3 is 15.2 Å². The van der Waals surface area contributed by atoms with Crippen molar-refractivity contribution >= 4 is 46.7 Å². The molecule has 144 valence electrons. The lowest BCUT2D eigenvalue weighted by molar-refractivity contribution is -0.113. The fourth-order valence-electron chi connectivity index (χ4n) is 2.31. The summed E-state index contributed by atoms with van der Waals surface area (Å²) in [5.74, 6) is -0.132. The summed E-state index contributed by atoms with van der Waals surface area (Å²) in [7, 11) is 1.82. The highest BCUT2D eigenvalue weighted by molar-refractivity contribution is 7.99. The van der Waals surface area contributed by atoms with Crippen molar-refractivity contribution in [2.45, 2.75) is 10.1 Å². The molecule has 0 saturated carbocycles. The number of nitrogens with one attached hydrogen (secondary N) is 2. The van der Waals surface area contributed by atoms with Crippen LogP contribution in [-0.4, -0.2) is 38.6 Å². The number of benzene rings is 2. The van der Waals surface area contributed by atoms with Crippen molar-refractivity contribution in [2.24, 2.45) is 7.05 Å². The summed E-state index contributed by atoms with van der Waals surface area (Å²) in [6, 6.07) is 14.4. The second-order valence-electron chi connectivity index (χ2n) is 5.82. The molecular weight excluding hydrogens is 394 g/mol. The van der Waals surface area contributed by atoms with E-state index in [0.717, 1.165) is 10.6 Å². The van der Waals surface area contributed by atoms with Crippen LogP contribution in [-0.2, 0) is 11.8 Å². The number of amides is 2. The molecular formula is C19H19N5O2S2. The maximum atomic E-state index is 12.3. The maximum absolute atomic E-state index is 12.3. The number of hydrogen-bond acceptors (Lipinski definition) is 6. The fraction of sp³-hybridized carbons (Fsp3) is 0.158. The van der Waals surface area contributed by atoms with Gasteiger partial charge in [0.15, 0.2) is 5.16 Å². The van der Waals surface area contributed by atoms with Gasteiger partial charge in [-0.1, -0.05) is 11.8 Å². The van der Waals surface area contributed by atoms with Crippen LogP contribution in [0.15, 0.2) is 64.9 Å². The molecule has 0 atom stereocenters. The zero-order chi connectivity index (χ0) is 19.9. The molecule has 2 aromatic carbocycles. The van der Waals surface area contributed by atoms with Crippen LogP contribution in [0.4, 0.5) is 11.4 Å². The Morgan fingerprint density at radius 2 is 1.64 bits per heavy atom. The maximum Gasteiger partial charge on any atom is 0.255 e. The Labute approximate surface area is 171 Å². The Hall–Kier alpha value is -2.78. The number of carbonyl (C=O) groups is 2. The lowest BCUT2D eigenvalue weighted by Gasteiger charge is -2.08. The van der Waals surface area contributed by atoms with Crippen LogP contribution < -0.4 is 10.6 Å². The first kappa shape index (κ1) is 20.0. The van der Waals surface area contributed by atoms with Crippen molar-refractivity contribution in [1.29, 1.82) is 0 Å². The van der Waals surface area contributed by atoms with E-state index in [4.69, 9.17) is 0 Å². The third kappa shape index (κ3) is 5.37. The zero-order valence-corrected chi connectivity index (χ0v) is 17.0. The molecule has 0 aliphatic rings. The Balaban J connectivity index is 1.52. The van der Waals surface area contributed by atoms with Crippen molar-refractivity contribution in [3.05, 3.63) is 60.4 Å². The van der Waals surface area contributed by atoms with E-state index in [1.807, 2.05) is 37.6 Å². The van der Waals surface area contributed by atoms with Gasteiger partial charge in [-0.15, -0.1) is 22.0 Å². The third-order valence-corrected chi connectivity index (χ3v) is 5.56. The first-order valence-electron chi connectivity index (χ1n) is 8.37. The van der Waals surface area contributed by atoms with Gasteiger partial charge in [0.25, 0.3) is 5.91 Å². The van der Waals surface area contributed by atoms with Crippen LogP contribution >= 0.6 is 23.5 Å². The van der Waals surface area contributed by atoms with Gasteiger partial charge in [0.1, 0.15) is 6.33 Å². The van der Waals surface area contributed by atoms with Crippen LogP contribution in [0.5, 0.6) is 0 Å². The zero-order valence-electron chi connectivity index (χ0n) is 15.4. The van der Waals surface area contributed by atoms with Crippen molar-refractivity contribution < 1.29 is 9.59 Å². The van der Waals surface area contributed by atoms with Crippen LogP contribution in [0, 0.1) is 0 Å². The SMILES string of the molecule is CSc1ccc(NC(=O)c2ccc(NC(=O)CSc3nncn3C)cc2)cc1. The van der Waals surface area contributed by atoms with Gasteiger partial charge in [-0.3, -0.25) is 9.59 Å². The number of aryl methyl sites for hydroxylation is 1. The molecule has 2 N–H and O–H groups in total. The number of aromatic nitrogens is 3. The monoisotopic (exact) mass is 413 g/mol. The number of nitrogens with zero attached hydrogens (tertiary/aromatic N) is 3. The highest BCUT2D eigenvalue weighted by atomic mass is 32.2. The van der Waals surface area contributed by atoms with E-state index in [0.29, 0.717) is 16.4 Å². The summed E-state index contributed by atoms with van der Waals surface area (Å²) in [5.41, 5.74) is 1.88. The van der Waals surface area contributed by atoms with Crippen LogP contribution in [0.25, 0.3) is 0 Å². The van der Waals surface area contributed by atoms with Crippen LogP contribution in [0.1, 0.15) is 10.4 Å². The quantitative estimate of drug-likeness (QED) is 0.576. The third-order valence-electron chi connectivity index (χ3n) is 3.78. The predicted molar refractivity (Wildman–Crippen MR) is 113 cm³/mol. The molecule has 2 amide bonds. The van der Waals surface area contributed by atoms with E-state index < -0.39 is 0 Å².